The molecule has 1 fully saturated rings. The van der Waals surface area contributed by atoms with Crippen LogP contribution in [0.15, 0.2) is 6.20 Å². The van der Waals surface area contributed by atoms with Crippen LogP contribution in [0.2, 0.25) is 0 Å². The number of anilines is 1. The van der Waals surface area contributed by atoms with Gasteiger partial charge in [0.25, 0.3) is 0 Å². The van der Waals surface area contributed by atoms with E-state index in [9.17, 15) is 0 Å². The van der Waals surface area contributed by atoms with Gasteiger partial charge >= 0.3 is 0 Å². The van der Waals surface area contributed by atoms with Crippen LogP contribution in [0.25, 0.3) is 0 Å². The van der Waals surface area contributed by atoms with Crippen LogP contribution in [0.3, 0.4) is 0 Å². The van der Waals surface area contributed by atoms with E-state index in [4.69, 9.17) is 5.73 Å². The van der Waals surface area contributed by atoms with Crippen molar-refractivity contribution in [3.63, 3.8) is 0 Å². The van der Waals surface area contributed by atoms with E-state index in [-0.39, 0.29) is 0 Å². The van der Waals surface area contributed by atoms with Gasteiger partial charge in [-0.15, -0.1) is 0 Å². The highest BCUT2D eigenvalue weighted by atomic mass is 15.3. The Labute approximate surface area is 109 Å². The molecule has 0 amide bonds. The first-order valence-electron chi connectivity index (χ1n) is 6.68. The van der Waals surface area contributed by atoms with Crippen LogP contribution in [-0.4, -0.2) is 54.1 Å². The maximum Gasteiger partial charge on any atom is 0.147 e. The third-order valence-corrected chi connectivity index (χ3v) is 3.54. The first-order chi connectivity index (χ1) is 8.70. The van der Waals surface area contributed by atoms with Crippen LogP contribution in [0.1, 0.15) is 17.8 Å². The number of hydrogen-bond donors (Lipinski definition) is 1. The van der Waals surface area contributed by atoms with Gasteiger partial charge in [0.2, 0.25) is 0 Å². The average Bonchev–Trinajstić information content (AvgIpc) is 2.59. The van der Waals surface area contributed by atoms with E-state index in [1.165, 1.54) is 0 Å². The molecule has 1 saturated heterocycles. The van der Waals surface area contributed by atoms with Crippen LogP contribution in [0, 0.1) is 13.8 Å². The standard InChI is InChI=1S/C13H23N5/c1-11-12(2)16-13(10-15-11)18-6-3-5-17(7-4-14)8-9-18/h10H,3-9,14H2,1-2H3. The lowest BCUT2D eigenvalue weighted by Gasteiger charge is -2.22. The Morgan fingerprint density at radius 2 is 2.00 bits per heavy atom. The Bertz CT molecular complexity index is 393. The van der Waals surface area contributed by atoms with Gasteiger partial charge in [0.1, 0.15) is 5.82 Å². The number of aryl methyl sites for hydroxylation is 2. The number of nitrogens with two attached hydrogens (primary N) is 1. The van der Waals surface area contributed by atoms with Gasteiger partial charge in [-0.05, 0) is 26.8 Å². The SMILES string of the molecule is Cc1ncc(N2CCCN(CCN)CC2)nc1C. The molecule has 0 bridgehead atoms. The maximum absolute atomic E-state index is 5.62. The Morgan fingerprint density at radius 1 is 1.17 bits per heavy atom. The highest BCUT2D eigenvalue weighted by molar-refractivity contribution is 5.37. The van der Waals surface area contributed by atoms with Crippen molar-refractivity contribution in [1.29, 1.82) is 0 Å². The third-order valence-electron chi connectivity index (χ3n) is 3.54. The Balaban J connectivity index is 2.02. The predicted octanol–water partition coefficient (Wildman–Crippen LogP) is 0.564. The Kier molecular flexibility index (Phi) is 4.49. The van der Waals surface area contributed by atoms with Gasteiger partial charge in [-0.1, -0.05) is 0 Å². The lowest BCUT2D eigenvalue weighted by Crippen LogP contribution is -2.34. The molecule has 0 aliphatic carbocycles. The highest BCUT2D eigenvalue weighted by Gasteiger charge is 2.16. The summed E-state index contributed by atoms with van der Waals surface area (Å²) < 4.78 is 0. The molecule has 1 aliphatic heterocycles. The lowest BCUT2D eigenvalue weighted by atomic mass is 10.3. The van der Waals surface area contributed by atoms with Gasteiger partial charge in [-0.2, -0.15) is 0 Å². The molecule has 0 aromatic carbocycles. The molecule has 1 aromatic rings. The lowest BCUT2D eigenvalue weighted by molar-refractivity contribution is 0.302. The van der Waals surface area contributed by atoms with E-state index in [1.54, 1.807) is 0 Å². The summed E-state index contributed by atoms with van der Waals surface area (Å²) in [5.41, 5.74) is 7.65. The molecule has 1 aromatic heterocycles. The molecule has 2 N–H and O–H groups in total. The zero-order valence-electron chi connectivity index (χ0n) is 11.4. The van der Waals surface area contributed by atoms with E-state index >= 15 is 0 Å². The van der Waals surface area contributed by atoms with Gasteiger partial charge in [0, 0.05) is 32.7 Å². The fraction of sp³-hybridized carbons (Fsp3) is 0.692. The molecule has 2 rings (SSSR count). The summed E-state index contributed by atoms with van der Waals surface area (Å²) in [7, 11) is 0. The predicted molar refractivity (Wildman–Crippen MR) is 73.8 cm³/mol. The molecular formula is C13H23N5. The summed E-state index contributed by atoms with van der Waals surface area (Å²) in [6.07, 6.45) is 3.05. The molecule has 5 heteroatoms. The number of rotatable bonds is 3. The molecule has 0 unspecified atom stereocenters. The van der Waals surface area contributed by atoms with Crippen molar-refractivity contribution in [2.24, 2.45) is 5.73 Å². The van der Waals surface area contributed by atoms with E-state index < -0.39 is 0 Å². The van der Waals surface area contributed by atoms with Gasteiger partial charge in [-0.25, -0.2) is 4.98 Å². The molecule has 0 radical (unpaired) electrons. The number of aromatic nitrogens is 2. The van der Waals surface area contributed by atoms with Crippen molar-refractivity contribution in [1.82, 2.24) is 14.9 Å². The second-order valence-electron chi connectivity index (χ2n) is 4.87. The quantitative estimate of drug-likeness (QED) is 0.848. The van der Waals surface area contributed by atoms with E-state index in [2.05, 4.69) is 19.8 Å². The van der Waals surface area contributed by atoms with Gasteiger partial charge < -0.3 is 15.5 Å². The Morgan fingerprint density at radius 3 is 2.72 bits per heavy atom. The summed E-state index contributed by atoms with van der Waals surface area (Å²) in [5.74, 6) is 1.01. The van der Waals surface area contributed by atoms with Crippen molar-refractivity contribution in [3.8, 4) is 0 Å². The molecule has 2 heterocycles. The topological polar surface area (TPSA) is 58.3 Å². The minimum absolute atomic E-state index is 0.740. The summed E-state index contributed by atoms with van der Waals surface area (Å²) in [6, 6.07) is 0. The smallest absolute Gasteiger partial charge is 0.147 e. The molecular weight excluding hydrogens is 226 g/mol. The highest BCUT2D eigenvalue weighted by Crippen LogP contribution is 2.14. The normalized spacial score (nSPS) is 17.8. The number of hydrogen-bond acceptors (Lipinski definition) is 5. The maximum atomic E-state index is 5.62. The first kappa shape index (κ1) is 13.2. The van der Waals surface area contributed by atoms with Crippen LogP contribution in [0.4, 0.5) is 5.82 Å². The van der Waals surface area contributed by atoms with Gasteiger partial charge in [0.15, 0.2) is 0 Å². The zero-order chi connectivity index (χ0) is 13.0. The minimum Gasteiger partial charge on any atom is -0.354 e. The van der Waals surface area contributed by atoms with Crippen molar-refractivity contribution in [3.05, 3.63) is 17.6 Å². The summed E-state index contributed by atoms with van der Waals surface area (Å²) in [5, 5.41) is 0. The molecule has 18 heavy (non-hydrogen) atoms. The second-order valence-corrected chi connectivity index (χ2v) is 4.87. The van der Waals surface area contributed by atoms with Crippen LogP contribution >= 0.6 is 0 Å². The molecule has 0 spiro atoms. The summed E-state index contributed by atoms with van der Waals surface area (Å²) in [6.45, 7) is 10.0. The average molecular weight is 249 g/mol. The van der Waals surface area contributed by atoms with Crippen LogP contribution < -0.4 is 10.6 Å². The van der Waals surface area contributed by atoms with E-state index in [0.29, 0.717) is 0 Å². The largest absolute Gasteiger partial charge is 0.354 e. The van der Waals surface area contributed by atoms with Gasteiger partial charge in [-0.3, -0.25) is 4.98 Å². The minimum atomic E-state index is 0.740. The fourth-order valence-electron chi connectivity index (χ4n) is 2.29. The third kappa shape index (κ3) is 3.17. The fourth-order valence-corrected chi connectivity index (χ4v) is 2.29. The van der Waals surface area contributed by atoms with Crippen molar-refractivity contribution in [2.75, 3.05) is 44.2 Å². The van der Waals surface area contributed by atoms with Crippen molar-refractivity contribution in [2.45, 2.75) is 20.3 Å². The molecule has 5 nitrogen and oxygen atoms in total. The van der Waals surface area contributed by atoms with E-state index in [0.717, 1.165) is 62.9 Å². The van der Waals surface area contributed by atoms with Crippen LogP contribution in [-0.2, 0) is 0 Å². The molecule has 100 valence electrons. The molecule has 1 aliphatic rings. The van der Waals surface area contributed by atoms with Crippen molar-refractivity contribution >= 4 is 5.82 Å². The zero-order valence-corrected chi connectivity index (χ0v) is 11.4. The second kappa shape index (κ2) is 6.11. The van der Waals surface area contributed by atoms with Crippen molar-refractivity contribution < 1.29 is 0 Å². The number of nitrogens with zero attached hydrogens (tertiary/aromatic N) is 4. The summed E-state index contributed by atoms with van der Waals surface area (Å²) in [4.78, 5) is 13.8. The van der Waals surface area contributed by atoms with Gasteiger partial charge in [0.05, 0.1) is 17.6 Å². The van der Waals surface area contributed by atoms with Crippen LogP contribution in [0.5, 0.6) is 0 Å². The monoisotopic (exact) mass is 249 g/mol. The van der Waals surface area contributed by atoms with E-state index in [1.807, 2.05) is 20.0 Å². The molecule has 0 saturated carbocycles. The Hall–Kier alpha value is -1.20. The first-order valence-corrected chi connectivity index (χ1v) is 6.68. The molecule has 0 atom stereocenters. The summed E-state index contributed by atoms with van der Waals surface area (Å²) >= 11 is 0.